The van der Waals surface area contributed by atoms with E-state index in [1.54, 1.807) is 5.41 Å². The maximum atomic E-state index is 11.1. The molecule has 0 aliphatic carbocycles. The van der Waals surface area contributed by atoms with E-state index in [0.29, 0.717) is 6.61 Å². The molecule has 1 rings (SSSR count). The molecule has 74 valence electrons. The maximum Gasteiger partial charge on any atom is 0.331 e. The third-order valence-electron chi connectivity index (χ3n) is 1.56. The smallest absolute Gasteiger partial charge is 0.331 e. The zero-order valence-electron chi connectivity index (χ0n) is 7.97. The monoisotopic (exact) mass is 208 g/mol. The number of ether oxygens (including phenoxy) is 1. The van der Waals surface area contributed by atoms with Gasteiger partial charge in [0.1, 0.15) is 6.61 Å². The number of hydrogen-bond donors (Lipinski definition) is 0. The van der Waals surface area contributed by atoms with Gasteiger partial charge in [0.25, 0.3) is 0 Å². The minimum atomic E-state index is -0.303. The summed E-state index contributed by atoms with van der Waals surface area (Å²) in [4.78, 5) is 11.1. The number of esters is 1. The fourth-order valence-electron chi connectivity index (χ4n) is 0.900. The zero-order chi connectivity index (χ0) is 10.2. The highest BCUT2D eigenvalue weighted by molar-refractivity contribution is 8.01. The van der Waals surface area contributed by atoms with E-state index >= 15 is 0 Å². The van der Waals surface area contributed by atoms with Crippen LogP contribution in [0.2, 0.25) is 0 Å². The fraction of sp³-hybridized carbons (Fsp3) is 0.182. The lowest BCUT2D eigenvalue weighted by atomic mass is 10.2. The van der Waals surface area contributed by atoms with Gasteiger partial charge in [0.05, 0.1) is 0 Å². The van der Waals surface area contributed by atoms with E-state index in [2.05, 4.69) is 0 Å². The predicted molar refractivity (Wildman–Crippen MR) is 58.9 cm³/mol. The zero-order valence-corrected chi connectivity index (χ0v) is 8.79. The second-order valence-corrected chi connectivity index (χ2v) is 3.38. The van der Waals surface area contributed by atoms with Crippen LogP contribution in [0.25, 0.3) is 0 Å². The van der Waals surface area contributed by atoms with Crippen LogP contribution in [0.15, 0.2) is 41.8 Å². The third-order valence-corrected chi connectivity index (χ3v) is 1.97. The summed E-state index contributed by atoms with van der Waals surface area (Å²) in [6, 6.07) is 9.61. The van der Waals surface area contributed by atoms with Gasteiger partial charge >= 0.3 is 5.97 Å². The molecule has 0 saturated heterocycles. The van der Waals surface area contributed by atoms with Gasteiger partial charge in [-0.3, -0.25) is 0 Å². The van der Waals surface area contributed by atoms with Gasteiger partial charge in [-0.15, -0.1) is 11.8 Å². The molecule has 0 bridgehead atoms. The Morgan fingerprint density at radius 3 is 2.79 bits per heavy atom. The SMILES string of the molecule is CSC=CC(=O)OCc1ccccc1. The van der Waals surface area contributed by atoms with Crippen molar-refractivity contribution in [1.29, 1.82) is 0 Å². The summed E-state index contributed by atoms with van der Waals surface area (Å²) in [5.41, 5.74) is 0.999. The van der Waals surface area contributed by atoms with Crippen LogP contribution in [-0.4, -0.2) is 12.2 Å². The van der Waals surface area contributed by atoms with E-state index < -0.39 is 0 Å². The number of carbonyl (C=O) groups excluding carboxylic acids is 1. The number of thioether (sulfide) groups is 1. The van der Waals surface area contributed by atoms with Crippen molar-refractivity contribution in [2.45, 2.75) is 6.61 Å². The first-order valence-electron chi connectivity index (χ1n) is 4.23. The average molecular weight is 208 g/mol. The Labute approximate surface area is 88.0 Å². The molecular formula is C11H12O2S. The summed E-state index contributed by atoms with van der Waals surface area (Å²) in [6.45, 7) is 0.332. The van der Waals surface area contributed by atoms with Gasteiger partial charge < -0.3 is 4.74 Å². The number of hydrogen-bond acceptors (Lipinski definition) is 3. The minimum Gasteiger partial charge on any atom is -0.458 e. The van der Waals surface area contributed by atoms with Crippen molar-refractivity contribution in [1.82, 2.24) is 0 Å². The van der Waals surface area contributed by atoms with Gasteiger partial charge in [0, 0.05) is 6.08 Å². The van der Waals surface area contributed by atoms with Crippen LogP contribution in [0.1, 0.15) is 5.56 Å². The van der Waals surface area contributed by atoms with Gasteiger partial charge in [-0.1, -0.05) is 30.3 Å². The molecule has 0 N–H and O–H groups in total. The highest BCUT2D eigenvalue weighted by Gasteiger charge is 1.96. The van der Waals surface area contributed by atoms with Crippen LogP contribution < -0.4 is 0 Å². The Morgan fingerprint density at radius 2 is 2.14 bits per heavy atom. The molecule has 0 aliphatic heterocycles. The van der Waals surface area contributed by atoms with E-state index in [4.69, 9.17) is 4.74 Å². The Morgan fingerprint density at radius 1 is 1.43 bits per heavy atom. The summed E-state index contributed by atoms with van der Waals surface area (Å²) >= 11 is 1.47. The summed E-state index contributed by atoms with van der Waals surface area (Å²) in [5.74, 6) is -0.303. The predicted octanol–water partition coefficient (Wildman–Crippen LogP) is 2.61. The molecule has 0 saturated carbocycles. The van der Waals surface area contributed by atoms with Crippen molar-refractivity contribution in [3.63, 3.8) is 0 Å². The lowest BCUT2D eigenvalue weighted by molar-refractivity contribution is -0.138. The summed E-state index contributed by atoms with van der Waals surface area (Å²) in [5, 5.41) is 1.70. The first kappa shape index (κ1) is 10.9. The standard InChI is InChI=1S/C11H12O2S/c1-14-8-7-11(12)13-9-10-5-3-2-4-6-10/h2-8H,9H2,1H3. The normalized spacial score (nSPS) is 10.4. The lowest BCUT2D eigenvalue weighted by Gasteiger charge is -2.00. The molecule has 3 heteroatoms. The van der Waals surface area contributed by atoms with Crippen molar-refractivity contribution in [2.24, 2.45) is 0 Å². The molecule has 0 radical (unpaired) electrons. The fourth-order valence-corrected chi connectivity index (χ4v) is 1.15. The second-order valence-electron chi connectivity index (χ2n) is 2.63. The highest BCUT2D eigenvalue weighted by Crippen LogP contribution is 2.01. The Balaban J connectivity index is 2.34. The van der Waals surface area contributed by atoms with E-state index in [9.17, 15) is 4.79 Å². The highest BCUT2D eigenvalue weighted by atomic mass is 32.2. The van der Waals surface area contributed by atoms with Gasteiger partial charge in [-0.25, -0.2) is 4.79 Å². The van der Waals surface area contributed by atoms with Crippen molar-refractivity contribution >= 4 is 17.7 Å². The molecule has 0 aliphatic rings. The lowest BCUT2D eigenvalue weighted by Crippen LogP contribution is -2.00. The molecule has 1 aromatic rings. The minimum absolute atomic E-state index is 0.303. The van der Waals surface area contributed by atoms with Crippen molar-refractivity contribution in [3.05, 3.63) is 47.4 Å². The molecule has 1 aromatic carbocycles. The summed E-state index contributed by atoms with van der Waals surface area (Å²) in [6.07, 6.45) is 3.31. The molecule has 0 aromatic heterocycles. The Bertz CT molecular complexity index is 306. The molecule has 0 unspecified atom stereocenters. The van der Waals surface area contributed by atoms with E-state index in [-0.39, 0.29) is 5.97 Å². The van der Waals surface area contributed by atoms with E-state index in [1.165, 1.54) is 17.8 Å². The number of rotatable bonds is 4. The summed E-state index contributed by atoms with van der Waals surface area (Å²) in [7, 11) is 0. The van der Waals surface area contributed by atoms with Crippen molar-refractivity contribution < 1.29 is 9.53 Å². The first-order valence-corrected chi connectivity index (χ1v) is 5.52. The van der Waals surface area contributed by atoms with E-state index in [0.717, 1.165) is 5.56 Å². The quantitative estimate of drug-likeness (QED) is 0.562. The molecule has 0 atom stereocenters. The van der Waals surface area contributed by atoms with Gasteiger partial charge in [0.15, 0.2) is 0 Å². The molecule has 14 heavy (non-hydrogen) atoms. The molecule has 0 heterocycles. The average Bonchev–Trinajstić information content (AvgIpc) is 2.25. The topological polar surface area (TPSA) is 26.3 Å². The van der Waals surface area contributed by atoms with E-state index in [1.807, 2.05) is 36.6 Å². The molecule has 0 spiro atoms. The van der Waals surface area contributed by atoms with Crippen molar-refractivity contribution in [2.75, 3.05) is 6.26 Å². The Hall–Kier alpha value is -1.22. The molecule has 0 amide bonds. The van der Waals surface area contributed by atoms with Gasteiger partial charge in [-0.2, -0.15) is 0 Å². The molecule has 2 nitrogen and oxygen atoms in total. The number of benzene rings is 1. The van der Waals surface area contributed by atoms with Crippen molar-refractivity contribution in [3.8, 4) is 0 Å². The van der Waals surface area contributed by atoms with Gasteiger partial charge in [0.2, 0.25) is 0 Å². The van der Waals surface area contributed by atoms with Crippen LogP contribution in [-0.2, 0) is 16.1 Å². The van der Waals surface area contributed by atoms with Crippen LogP contribution >= 0.6 is 11.8 Å². The third kappa shape index (κ3) is 4.14. The van der Waals surface area contributed by atoms with Crippen LogP contribution in [0, 0.1) is 0 Å². The maximum absolute atomic E-state index is 11.1. The molecular weight excluding hydrogens is 196 g/mol. The largest absolute Gasteiger partial charge is 0.458 e. The van der Waals surface area contributed by atoms with Gasteiger partial charge in [-0.05, 0) is 17.2 Å². The summed E-state index contributed by atoms with van der Waals surface area (Å²) < 4.78 is 4.99. The number of carbonyl (C=O) groups is 1. The van der Waals surface area contributed by atoms with Crippen LogP contribution in [0.4, 0.5) is 0 Å². The van der Waals surface area contributed by atoms with Crippen LogP contribution in [0.5, 0.6) is 0 Å². The Kier molecular flexibility index (Phi) is 4.86. The molecule has 0 fully saturated rings. The second kappa shape index (κ2) is 6.27. The van der Waals surface area contributed by atoms with Crippen LogP contribution in [0.3, 0.4) is 0 Å². The first-order chi connectivity index (χ1) is 6.83.